The second kappa shape index (κ2) is 9.48. The summed E-state index contributed by atoms with van der Waals surface area (Å²) in [6.07, 6.45) is 5.15. The van der Waals surface area contributed by atoms with Crippen LogP contribution in [0.25, 0.3) is 0 Å². The van der Waals surface area contributed by atoms with Crippen LogP contribution in [-0.2, 0) is 6.54 Å². The summed E-state index contributed by atoms with van der Waals surface area (Å²) in [6.45, 7) is 8.87. The van der Waals surface area contributed by atoms with Crippen molar-refractivity contribution in [2.45, 2.75) is 46.1 Å². The molecule has 0 spiro atoms. The van der Waals surface area contributed by atoms with E-state index < -0.39 is 0 Å². The van der Waals surface area contributed by atoms with Gasteiger partial charge >= 0.3 is 0 Å². The van der Waals surface area contributed by atoms with Gasteiger partial charge in [0.25, 0.3) is 0 Å². The molecule has 3 nitrogen and oxygen atoms in total. The highest BCUT2D eigenvalue weighted by Gasteiger charge is 2.05. The minimum atomic E-state index is 1.05. The Balaban J connectivity index is 2.00. The summed E-state index contributed by atoms with van der Waals surface area (Å²) >= 11 is 1.77. The molecule has 4 heteroatoms. The Labute approximate surface area is 116 Å². The molecule has 1 heterocycles. The lowest BCUT2D eigenvalue weighted by molar-refractivity contribution is 0.319. The molecule has 0 saturated heterocycles. The third-order valence-electron chi connectivity index (χ3n) is 3.08. The predicted octanol–water partition coefficient (Wildman–Crippen LogP) is 3.05. The van der Waals surface area contributed by atoms with Crippen LogP contribution in [0.2, 0.25) is 0 Å². The lowest BCUT2D eigenvalue weighted by atomic mass is 10.2. The Kier molecular flexibility index (Phi) is 8.22. The van der Waals surface area contributed by atoms with Gasteiger partial charge in [0.15, 0.2) is 0 Å². The van der Waals surface area contributed by atoms with Gasteiger partial charge in [0.1, 0.15) is 0 Å². The van der Waals surface area contributed by atoms with Crippen LogP contribution < -0.4 is 5.32 Å². The third kappa shape index (κ3) is 6.47. The maximum absolute atomic E-state index is 4.29. The van der Waals surface area contributed by atoms with E-state index in [0.29, 0.717) is 0 Å². The van der Waals surface area contributed by atoms with E-state index in [2.05, 4.69) is 36.1 Å². The standard InChI is InChI=1S/C14H27N3S/c1-4-8-15-9-6-5-7-10-17(3)11-14-13(2)16-12-18-14/h12,15H,4-11H2,1-3H3. The van der Waals surface area contributed by atoms with E-state index in [9.17, 15) is 0 Å². The molecule has 0 amide bonds. The Morgan fingerprint density at radius 1 is 1.28 bits per heavy atom. The van der Waals surface area contributed by atoms with Gasteiger partial charge in [-0.1, -0.05) is 13.3 Å². The van der Waals surface area contributed by atoms with Gasteiger partial charge in [-0.3, -0.25) is 0 Å². The fourth-order valence-corrected chi connectivity index (χ4v) is 2.77. The van der Waals surface area contributed by atoms with Crippen molar-refractivity contribution in [2.24, 2.45) is 0 Å². The molecule has 0 bridgehead atoms. The number of rotatable bonds is 10. The van der Waals surface area contributed by atoms with Crippen molar-refractivity contribution in [3.63, 3.8) is 0 Å². The van der Waals surface area contributed by atoms with Crippen LogP contribution in [0.1, 0.15) is 43.2 Å². The van der Waals surface area contributed by atoms with Gasteiger partial charge in [-0.2, -0.15) is 0 Å². The van der Waals surface area contributed by atoms with Crippen molar-refractivity contribution >= 4 is 11.3 Å². The number of thiazole rings is 1. The molecule has 0 atom stereocenters. The highest BCUT2D eigenvalue weighted by Crippen LogP contribution is 2.14. The van der Waals surface area contributed by atoms with Crippen molar-refractivity contribution in [3.8, 4) is 0 Å². The lowest BCUT2D eigenvalue weighted by Gasteiger charge is -2.15. The molecule has 18 heavy (non-hydrogen) atoms. The zero-order valence-corrected chi connectivity index (χ0v) is 12.9. The molecule has 0 saturated carbocycles. The quantitative estimate of drug-likeness (QED) is 0.662. The van der Waals surface area contributed by atoms with Crippen molar-refractivity contribution in [1.29, 1.82) is 0 Å². The molecule has 0 aliphatic rings. The molecule has 0 aliphatic heterocycles. The molecule has 1 aromatic heterocycles. The van der Waals surface area contributed by atoms with E-state index in [0.717, 1.165) is 13.1 Å². The molecular formula is C14H27N3S. The maximum atomic E-state index is 4.29. The van der Waals surface area contributed by atoms with Gasteiger partial charge in [-0.05, 0) is 52.9 Å². The number of aromatic nitrogens is 1. The number of aryl methyl sites for hydroxylation is 1. The first-order valence-electron chi connectivity index (χ1n) is 7.02. The van der Waals surface area contributed by atoms with E-state index in [1.807, 2.05) is 5.51 Å². The summed E-state index contributed by atoms with van der Waals surface area (Å²) in [5.74, 6) is 0. The van der Waals surface area contributed by atoms with Crippen molar-refractivity contribution in [3.05, 3.63) is 16.1 Å². The Morgan fingerprint density at radius 2 is 2.11 bits per heavy atom. The second-order valence-electron chi connectivity index (χ2n) is 4.91. The fraction of sp³-hybridized carbons (Fsp3) is 0.786. The van der Waals surface area contributed by atoms with Crippen molar-refractivity contribution in [1.82, 2.24) is 15.2 Å². The molecule has 0 radical (unpaired) electrons. The van der Waals surface area contributed by atoms with Crippen LogP contribution in [0.5, 0.6) is 0 Å². The number of nitrogens with one attached hydrogen (secondary N) is 1. The Hall–Kier alpha value is -0.450. The molecular weight excluding hydrogens is 242 g/mol. The normalized spacial score (nSPS) is 11.3. The van der Waals surface area contributed by atoms with Gasteiger partial charge in [0.05, 0.1) is 11.2 Å². The first kappa shape index (κ1) is 15.6. The second-order valence-corrected chi connectivity index (χ2v) is 5.85. The average Bonchev–Trinajstić information content (AvgIpc) is 2.74. The van der Waals surface area contributed by atoms with Crippen LogP contribution in [0, 0.1) is 6.92 Å². The molecule has 0 aromatic carbocycles. The van der Waals surface area contributed by atoms with Crippen molar-refractivity contribution < 1.29 is 0 Å². The predicted molar refractivity (Wildman–Crippen MR) is 80.2 cm³/mol. The summed E-state index contributed by atoms with van der Waals surface area (Å²) in [6, 6.07) is 0. The van der Waals surface area contributed by atoms with Gasteiger partial charge in [-0.25, -0.2) is 4.98 Å². The van der Waals surface area contributed by atoms with E-state index >= 15 is 0 Å². The average molecular weight is 269 g/mol. The molecule has 104 valence electrons. The minimum absolute atomic E-state index is 1.05. The topological polar surface area (TPSA) is 28.2 Å². The zero-order valence-electron chi connectivity index (χ0n) is 12.0. The molecule has 0 aliphatic carbocycles. The zero-order chi connectivity index (χ0) is 13.2. The summed E-state index contributed by atoms with van der Waals surface area (Å²) < 4.78 is 0. The third-order valence-corrected chi connectivity index (χ3v) is 4.00. The first-order chi connectivity index (χ1) is 8.74. The molecule has 0 fully saturated rings. The number of nitrogens with zero attached hydrogens (tertiary/aromatic N) is 2. The minimum Gasteiger partial charge on any atom is -0.317 e. The highest BCUT2D eigenvalue weighted by atomic mass is 32.1. The lowest BCUT2D eigenvalue weighted by Crippen LogP contribution is -2.20. The van der Waals surface area contributed by atoms with Crippen LogP contribution >= 0.6 is 11.3 Å². The molecule has 1 aromatic rings. The molecule has 1 rings (SSSR count). The van der Waals surface area contributed by atoms with E-state index in [4.69, 9.17) is 0 Å². The van der Waals surface area contributed by atoms with Crippen LogP contribution in [0.4, 0.5) is 0 Å². The Morgan fingerprint density at radius 3 is 2.78 bits per heavy atom. The largest absolute Gasteiger partial charge is 0.317 e. The van der Waals surface area contributed by atoms with E-state index in [-0.39, 0.29) is 0 Å². The molecule has 0 unspecified atom stereocenters. The maximum Gasteiger partial charge on any atom is 0.0798 e. The molecule has 1 N–H and O–H groups in total. The summed E-state index contributed by atoms with van der Waals surface area (Å²) in [4.78, 5) is 8.10. The SMILES string of the molecule is CCCNCCCCCN(C)Cc1scnc1C. The number of hydrogen-bond acceptors (Lipinski definition) is 4. The Bertz CT molecular complexity index is 312. The fourth-order valence-electron chi connectivity index (χ4n) is 1.91. The van der Waals surface area contributed by atoms with E-state index in [1.165, 1.54) is 49.3 Å². The van der Waals surface area contributed by atoms with Gasteiger partial charge < -0.3 is 10.2 Å². The number of hydrogen-bond donors (Lipinski definition) is 1. The smallest absolute Gasteiger partial charge is 0.0798 e. The highest BCUT2D eigenvalue weighted by molar-refractivity contribution is 7.09. The van der Waals surface area contributed by atoms with Gasteiger partial charge in [0, 0.05) is 11.4 Å². The van der Waals surface area contributed by atoms with Crippen LogP contribution in [0.15, 0.2) is 5.51 Å². The van der Waals surface area contributed by atoms with Gasteiger partial charge in [-0.15, -0.1) is 11.3 Å². The monoisotopic (exact) mass is 269 g/mol. The number of unbranched alkanes of at least 4 members (excludes halogenated alkanes) is 2. The van der Waals surface area contributed by atoms with E-state index in [1.54, 1.807) is 11.3 Å². The van der Waals surface area contributed by atoms with Crippen LogP contribution in [-0.4, -0.2) is 36.6 Å². The van der Waals surface area contributed by atoms with Crippen molar-refractivity contribution in [2.75, 3.05) is 26.7 Å². The summed E-state index contributed by atoms with van der Waals surface area (Å²) in [7, 11) is 2.20. The summed E-state index contributed by atoms with van der Waals surface area (Å²) in [5.41, 5.74) is 3.13. The van der Waals surface area contributed by atoms with Crippen LogP contribution in [0.3, 0.4) is 0 Å². The first-order valence-corrected chi connectivity index (χ1v) is 7.90. The van der Waals surface area contributed by atoms with Gasteiger partial charge in [0.2, 0.25) is 0 Å². The summed E-state index contributed by atoms with van der Waals surface area (Å²) in [5, 5.41) is 3.45.